The van der Waals surface area contributed by atoms with Crippen LogP contribution in [0.5, 0.6) is 0 Å². The Morgan fingerprint density at radius 2 is 1.94 bits per heavy atom. The molecule has 2 N–H and O–H groups in total. The molecule has 3 amide bonds. The summed E-state index contributed by atoms with van der Waals surface area (Å²) in [7, 11) is 0. The Kier molecular flexibility index (Phi) is 7.24. The summed E-state index contributed by atoms with van der Waals surface area (Å²) in [6.45, 7) is 12.5. The van der Waals surface area contributed by atoms with Gasteiger partial charge in [0.2, 0.25) is 17.8 Å². The van der Waals surface area contributed by atoms with Crippen molar-refractivity contribution in [1.82, 2.24) is 19.8 Å². The summed E-state index contributed by atoms with van der Waals surface area (Å²) in [4.78, 5) is 54.8. The molecule has 1 saturated heterocycles. The predicted molar refractivity (Wildman–Crippen MR) is 115 cm³/mol. The van der Waals surface area contributed by atoms with E-state index in [9.17, 15) is 19.2 Å². The van der Waals surface area contributed by atoms with E-state index in [0.717, 1.165) is 11.3 Å². The summed E-state index contributed by atoms with van der Waals surface area (Å²) < 4.78 is 6.92. The predicted octanol–water partition coefficient (Wildman–Crippen LogP) is 2.46. The van der Waals surface area contributed by atoms with Crippen LogP contribution in [-0.2, 0) is 19.1 Å². The number of nitrogens with zero attached hydrogens (tertiary/aromatic N) is 3. The zero-order chi connectivity index (χ0) is 23.5. The Hall–Kier alpha value is -3.17. The van der Waals surface area contributed by atoms with Gasteiger partial charge in [0.15, 0.2) is 0 Å². The third kappa shape index (κ3) is 5.71. The maximum Gasteiger partial charge on any atom is 0.421 e. The molecule has 0 saturated carbocycles. The number of imide groups is 1. The first-order valence-electron chi connectivity index (χ1n) is 10.3. The number of carbonyl (C=O) groups is 4. The Bertz CT molecular complexity index is 923. The van der Waals surface area contributed by atoms with Crippen LogP contribution in [0.2, 0.25) is 0 Å². The SMILES string of the molecule is CCCNc1nc(C=C2NC(=O)CN(C(C)=O)C2=O)c(C(C)C)n1C(=O)OC(C)(C)C. The number of rotatable bonds is 5. The molecule has 2 heterocycles. The summed E-state index contributed by atoms with van der Waals surface area (Å²) >= 11 is 0. The monoisotopic (exact) mass is 433 g/mol. The molecule has 10 heteroatoms. The van der Waals surface area contributed by atoms with Gasteiger partial charge < -0.3 is 15.4 Å². The largest absolute Gasteiger partial charge is 0.443 e. The molecular formula is C21H31N5O5. The molecule has 0 radical (unpaired) electrons. The van der Waals surface area contributed by atoms with Gasteiger partial charge in [-0.2, -0.15) is 0 Å². The first-order valence-corrected chi connectivity index (χ1v) is 10.3. The topological polar surface area (TPSA) is 123 Å². The Labute approximate surface area is 182 Å². The first-order chi connectivity index (χ1) is 14.4. The number of hydrogen-bond donors (Lipinski definition) is 2. The normalized spacial score (nSPS) is 16.0. The molecular weight excluding hydrogens is 402 g/mol. The van der Waals surface area contributed by atoms with E-state index in [1.54, 1.807) is 20.8 Å². The zero-order valence-corrected chi connectivity index (χ0v) is 19.2. The number of imidazole rings is 1. The molecule has 0 unspecified atom stereocenters. The fourth-order valence-electron chi connectivity index (χ4n) is 3.05. The van der Waals surface area contributed by atoms with Gasteiger partial charge in [0.05, 0.1) is 11.4 Å². The van der Waals surface area contributed by atoms with Crippen LogP contribution >= 0.6 is 0 Å². The second-order valence-electron chi connectivity index (χ2n) is 8.62. The van der Waals surface area contributed by atoms with Crippen molar-refractivity contribution in [1.29, 1.82) is 0 Å². The van der Waals surface area contributed by atoms with E-state index in [2.05, 4.69) is 15.6 Å². The molecule has 1 aromatic heterocycles. The molecule has 1 aliphatic rings. The highest BCUT2D eigenvalue weighted by atomic mass is 16.6. The number of carbonyl (C=O) groups excluding carboxylic acids is 4. The first kappa shape index (κ1) is 24.1. The molecule has 1 aromatic rings. The fraction of sp³-hybridized carbons (Fsp3) is 0.571. The number of amides is 3. The van der Waals surface area contributed by atoms with Gasteiger partial charge in [0.1, 0.15) is 17.8 Å². The highest BCUT2D eigenvalue weighted by Crippen LogP contribution is 2.28. The van der Waals surface area contributed by atoms with Crippen LogP contribution in [0.25, 0.3) is 6.08 Å². The van der Waals surface area contributed by atoms with Gasteiger partial charge >= 0.3 is 6.09 Å². The number of aromatic nitrogens is 2. The maximum atomic E-state index is 13.0. The highest BCUT2D eigenvalue weighted by Gasteiger charge is 2.32. The second kappa shape index (κ2) is 9.32. The third-order valence-corrected chi connectivity index (χ3v) is 4.31. The summed E-state index contributed by atoms with van der Waals surface area (Å²) in [5.41, 5.74) is 0.0473. The lowest BCUT2D eigenvalue weighted by Crippen LogP contribution is -2.51. The van der Waals surface area contributed by atoms with Crippen molar-refractivity contribution in [3.05, 3.63) is 17.1 Å². The van der Waals surface area contributed by atoms with Crippen LogP contribution in [-0.4, -0.2) is 57.0 Å². The molecule has 1 fully saturated rings. The van der Waals surface area contributed by atoms with Crippen molar-refractivity contribution in [2.45, 2.75) is 66.4 Å². The van der Waals surface area contributed by atoms with Crippen LogP contribution in [0.4, 0.5) is 10.7 Å². The van der Waals surface area contributed by atoms with Gasteiger partial charge in [0.25, 0.3) is 5.91 Å². The number of nitrogens with one attached hydrogen (secondary N) is 2. The van der Waals surface area contributed by atoms with Gasteiger partial charge in [-0.25, -0.2) is 14.3 Å². The van der Waals surface area contributed by atoms with Crippen LogP contribution in [0.1, 0.15) is 72.2 Å². The minimum Gasteiger partial charge on any atom is -0.443 e. The summed E-state index contributed by atoms with van der Waals surface area (Å²) in [6.07, 6.45) is 1.59. The number of piperazine rings is 1. The van der Waals surface area contributed by atoms with Crippen molar-refractivity contribution in [3.63, 3.8) is 0 Å². The molecule has 0 atom stereocenters. The van der Waals surface area contributed by atoms with Gasteiger partial charge in [-0.05, 0) is 39.2 Å². The quantitative estimate of drug-likeness (QED) is 0.684. The lowest BCUT2D eigenvalue weighted by atomic mass is 10.1. The Morgan fingerprint density at radius 1 is 1.29 bits per heavy atom. The Balaban J connectivity index is 2.62. The zero-order valence-electron chi connectivity index (χ0n) is 19.2. The van der Waals surface area contributed by atoms with E-state index >= 15 is 0 Å². The van der Waals surface area contributed by atoms with Crippen molar-refractivity contribution in [2.24, 2.45) is 0 Å². The lowest BCUT2D eigenvalue weighted by Gasteiger charge is -2.25. The standard InChI is InChI=1S/C21H31N5O5/c1-8-9-22-19-24-14(10-15-18(29)25(13(4)27)11-16(28)23-15)17(12(2)3)26(19)20(30)31-21(5,6)7/h10,12H,8-9,11H2,1-7H3,(H,22,24)(H,23,28). The maximum absolute atomic E-state index is 13.0. The van der Waals surface area contributed by atoms with Gasteiger partial charge in [-0.15, -0.1) is 0 Å². The average Bonchev–Trinajstić information content (AvgIpc) is 2.99. The lowest BCUT2D eigenvalue weighted by molar-refractivity contribution is -0.147. The van der Waals surface area contributed by atoms with E-state index in [1.165, 1.54) is 17.6 Å². The van der Waals surface area contributed by atoms with Gasteiger partial charge in [0, 0.05) is 13.5 Å². The summed E-state index contributed by atoms with van der Waals surface area (Å²) in [5, 5.41) is 5.61. The van der Waals surface area contributed by atoms with Crippen molar-refractivity contribution < 1.29 is 23.9 Å². The number of ether oxygens (including phenoxy) is 1. The average molecular weight is 434 g/mol. The molecule has 2 rings (SSSR count). The van der Waals surface area contributed by atoms with Crippen LogP contribution in [0.15, 0.2) is 5.70 Å². The molecule has 0 aliphatic carbocycles. The number of hydrogen-bond acceptors (Lipinski definition) is 7. The molecule has 0 aromatic carbocycles. The van der Waals surface area contributed by atoms with Gasteiger partial charge in [-0.3, -0.25) is 19.3 Å². The van der Waals surface area contributed by atoms with E-state index < -0.39 is 29.4 Å². The Morgan fingerprint density at radius 3 is 2.45 bits per heavy atom. The fourth-order valence-corrected chi connectivity index (χ4v) is 3.05. The van der Waals surface area contributed by atoms with Crippen LogP contribution in [0.3, 0.4) is 0 Å². The van der Waals surface area contributed by atoms with E-state index in [1.807, 2.05) is 20.8 Å². The molecule has 0 bridgehead atoms. The summed E-state index contributed by atoms with van der Waals surface area (Å²) in [6, 6.07) is 0. The molecule has 10 nitrogen and oxygen atoms in total. The molecule has 170 valence electrons. The third-order valence-electron chi connectivity index (χ3n) is 4.31. The van der Waals surface area contributed by atoms with Gasteiger partial charge in [-0.1, -0.05) is 20.8 Å². The minimum absolute atomic E-state index is 0.0794. The van der Waals surface area contributed by atoms with E-state index in [-0.39, 0.29) is 24.1 Å². The van der Waals surface area contributed by atoms with Crippen LogP contribution < -0.4 is 10.6 Å². The van der Waals surface area contributed by atoms with Crippen LogP contribution in [0, 0.1) is 0 Å². The summed E-state index contributed by atoms with van der Waals surface area (Å²) in [5.74, 6) is -1.52. The van der Waals surface area contributed by atoms with Crippen molar-refractivity contribution >= 4 is 35.8 Å². The van der Waals surface area contributed by atoms with Crippen molar-refractivity contribution in [2.75, 3.05) is 18.4 Å². The number of anilines is 1. The minimum atomic E-state index is -0.717. The smallest absolute Gasteiger partial charge is 0.421 e. The van der Waals surface area contributed by atoms with E-state index in [0.29, 0.717) is 17.9 Å². The molecule has 1 aliphatic heterocycles. The molecule has 0 spiro atoms. The van der Waals surface area contributed by atoms with Crippen molar-refractivity contribution in [3.8, 4) is 0 Å². The highest BCUT2D eigenvalue weighted by molar-refractivity contribution is 6.12. The molecule has 31 heavy (non-hydrogen) atoms. The van der Waals surface area contributed by atoms with E-state index in [4.69, 9.17) is 4.74 Å². The second-order valence-corrected chi connectivity index (χ2v) is 8.62.